The van der Waals surface area contributed by atoms with Crippen molar-refractivity contribution in [3.8, 4) is 0 Å². The number of ether oxygens (including phenoxy) is 2. The highest BCUT2D eigenvalue weighted by Gasteiger charge is 2.40. The van der Waals surface area contributed by atoms with Crippen LogP contribution in [0.3, 0.4) is 0 Å². The van der Waals surface area contributed by atoms with Crippen LogP contribution < -0.4 is 20.3 Å². The summed E-state index contributed by atoms with van der Waals surface area (Å²) in [5.41, 5.74) is 2.51. The molecule has 254 valence electrons. The molecule has 2 aliphatic heterocycles. The third-order valence-corrected chi connectivity index (χ3v) is 9.48. The number of amides is 2. The van der Waals surface area contributed by atoms with Gasteiger partial charge in [0.2, 0.25) is 15.9 Å². The SMILES string of the molecule is Cc1ccc(S(=O)(=O)N[C@@H](Cc2ccc(NC(=O)C3Cc4ccccc4N3C(=O)OC(C)(C)C)cc2)C(=O)OC(=O)[C@@H]2CCCN2)cc1. The van der Waals surface area contributed by atoms with Crippen molar-refractivity contribution in [2.45, 2.75) is 82.0 Å². The van der Waals surface area contributed by atoms with Crippen LogP contribution in [-0.4, -0.2) is 62.6 Å². The van der Waals surface area contributed by atoms with E-state index in [1.165, 1.54) is 17.0 Å². The van der Waals surface area contributed by atoms with E-state index in [1.54, 1.807) is 69.3 Å². The zero-order valence-electron chi connectivity index (χ0n) is 27.3. The summed E-state index contributed by atoms with van der Waals surface area (Å²) in [5.74, 6) is -2.20. The number of para-hydroxylation sites is 1. The minimum absolute atomic E-state index is 0.0396. The maximum atomic E-state index is 13.5. The number of fused-ring (bicyclic) bond motifs is 1. The van der Waals surface area contributed by atoms with Crippen molar-refractivity contribution in [2.24, 2.45) is 0 Å². The maximum absolute atomic E-state index is 13.5. The second kappa shape index (κ2) is 14.3. The molecule has 0 aliphatic carbocycles. The number of rotatable bonds is 9. The molecule has 2 amide bonds. The first-order valence-electron chi connectivity index (χ1n) is 15.8. The molecule has 3 atom stereocenters. The molecule has 3 N–H and O–H groups in total. The molecule has 5 rings (SSSR count). The van der Waals surface area contributed by atoms with Crippen LogP contribution in [0.25, 0.3) is 0 Å². The minimum Gasteiger partial charge on any atom is -0.443 e. The Labute approximate surface area is 280 Å². The fraction of sp³-hybridized carbons (Fsp3) is 0.371. The zero-order chi connectivity index (χ0) is 34.6. The van der Waals surface area contributed by atoms with Gasteiger partial charge in [-0.15, -0.1) is 0 Å². The Morgan fingerprint density at radius 1 is 0.979 bits per heavy atom. The first kappa shape index (κ1) is 34.7. The highest BCUT2D eigenvalue weighted by molar-refractivity contribution is 7.89. The fourth-order valence-electron chi connectivity index (χ4n) is 5.59. The van der Waals surface area contributed by atoms with Crippen molar-refractivity contribution in [1.82, 2.24) is 10.0 Å². The molecule has 0 saturated carbocycles. The monoisotopic (exact) mass is 676 g/mol. The van der Waals surface area contributed by atoms with E-state index in [2.05, 4.69) is 15.4 Å². The van der Waals surface area contributed by atoms with Crippen LogP contribution in [0.5, 0.6) is 0 Å². The van der Waals surface area contributed by atoms with Crippen LogP contribution in [0.2, 0.25) is 0 Å². The second-order valence-corrected chi connectivity index (χ2v) is 14.7. The maximum Gasteiger partial charge on any atom is 0.415 e. The van der Waals surface area contributed by atoms with Gasteiger partial charge in [-0.3, -0.25) is 9.69 Å². The average Bonchev–Trinajstić information content (AvgIpc) is 3.70. The standard InChI is InChI=1S/C35H40N4O8S/c1-22-11-17-26(18-12-22)48(44,45)38-28(33(42)46-32(41)27-9-7-19-36-27)20-23-13-15-25(16-14-23)37-31(40)30-21-24-8-5-6-10-29(24)39(30)34(43)47-35(2,3)4/h5-6,8,10-18,27-28,30,36,38H,7,9,19-21H2,1-4H3,(H,37,40)/t27-,28-,30?/m0/s1. The number of nitrogens with one attached hydrogen (secondary N) is 3. The fourth-order valence-corrected chi connectivity index (χ4v) is 6.78. The van der Waals surface area contributed by atoms with E-state index in [0.29, 0.717) is 36.3 Å². The summed E-state index contributed by atoms with van der Waals surface area (Å²) in [4.78, 5) is 53.8. The molecule has 3 aromatic carbocycles. The lowest BCUT2D eigenvalue weighted by Crippen LogP contribution is -2.47. The van der Waals surface area contributed by atoms with Crippen molar-refractivity contribution in [3.05, 3.63) is 89.5 Å². The molecule has 1 saturated heterocycles. The van der Waals surface area contributed by atoms with E-state index in [4.69, 9.17) is 9.47 Å². The Kier molecular flexibility index (Phi) is 10.3. The number of hydrogen-bond acceptors (Lipinski definition) is 9. The quantitative estimate of drug-likeness (QED) is 0.225. The lowest BCUT2D eigenvalue weighted by molar-refractivity contribution is -0.162. The Morgan fingerprint density at radius 3 is 2.31 bits per heavy atom. The van der Waals surface area contributed by atoms with Gasteiger partial charge in [-0.1, -0.05) is 48.0 Å². The molecular formula is C35H40N4O8S. The number of carbonyl (C=O) groups is 4. The summed E-state index contributed by atoms with van der Waals surface area (Å²) in [7, 11) is -4.15. The second-order valence-electron chi connectivity index (χ2n) is 13.0. The summed E-state index contributed by atoms with van der Waals surface area (Å²) in [6, 6.07) is 17.0. The smallest absolute Gasteiger partial charge is 0.415 e. The first-order valence-corrected chi connectivity index (χ1v) is 17.3. The van der Waals surface area contributed by atoms with Crippen molar-refractivity contribution in [3.63, 3.8) is 0 Å². The number of sulfonamides is 1. The normalized spacial score (nSPS) is 18.1. The number of hydrogen-bond donors (Lipinski definition) is 3. The Bertz CT molecular complexity index is 1780. The number of nitrogens with zero attached hydrogens (tertiary/aromatic N) is 1. The summed E-state index contributed by atoms with van der Waals surface area (Å²) >= 11 is 0. The molecule has 48 heavy (non-hydrogen) atoms. The van der Waals surface area contributed by atoms with Crippen molar-refractivity contribution >= 4 is 45.3 Å². The molecule has 2 aliphatic rings. The van der Waals surface area contributed by atoms with Gasteiger partial charge in [0, 0.05) is 12.1 Å². The molecule has 13 heteroatoms. The van der Waals surface area contributed by atoms with E-state index in [9.17, 15) is 27.6 Å². The first-order chi connectivity index (χ1) is 22.7. The molecule has 0 radical (unpaired) electrons. The number of aryl methyl sites for hydroxylation is 1. The van der Waals surface area contributed by atoms with Gasteiger partial charge in [0.15, 0.2) is 0 Å². The van der Waals surface area contributed by atoms with Crippen LogP contribution in [0.1, 0.15) is 50.3 Å². The number of anilines is 2. The van der Waals surface area contributed by atoms with Gasteiger partial charge in [0.1, 0.15) is 23.7 Å². The van der Waals surface area contributed by atoms with E-state index in [1.807, 2.05) is 19.1 Å². The molecule has 0 aromatic heterocycles. The van der Waals surface area contributed by atoms with Gasteiger partial charge < -0.3 is 20.1 Å². The van der Waals surface area contributed by atoms with Crippen LogP contribution in [0.15, 0.2) is 77.7 Å². The molecular weight excluding hydrogens is 636 g/mol. The highest BCUT2D eigenvalue weighted by Crippen LogP contribution is 2.34. The molecule has 12 nitrogen and oxygen atoms in total. The van der Waals surface area contributed by atoms with Gasteiger partial charge in [-0.25, -0.2) is 22.8 Å². The largest absolute Gasteiger partial charge is 0.443 e. The number of esters is 2. The summed E-state index contributed by atoms with van der Waals surface area (Å²) < 4.78 is 39.6. The van der Waals surface area contributed by atoms with Gasteiger partial charge in [-0.05, 0) is 95.0 Å². The van der Waals surface area contributed by atoms with E-state index >= 15 is 0 Å². The third-order valence-electron chi connectivity index (χ3n) is 7.99. The molecule has 1 unspecified atom stereocenters. The molecule has 1 fully saturated rings. The van der Waals surface area contributed by atoms with Gasteiger partial charge in [0.05, 0.1) is 10.6 Å². The lowest BCUT2D eigenvalue weighted by atomic mass is 10.1. The predicted molar refractivity (Wildman–Crippen MR) is 179 cm³/mol. The summed E-state index contributed by atoms with van der Waals surface area (Å²) in [6.07, 6.45) is 0.818. The summed E-state index contributed by atoms with van der Waals surface area (Å²) in [6.45, 7) is 7.71. The van der Waals surface area contributed by atoms with Gasteiger partial charge in [-0.2, -0.15) is 4.72 Å². The van der Waals surface area contributed by atoms with Crippen LogP contribution in [-0.2, 0) is 46.7 Å². The minimum atomic E-state index is -4.15. The molecule has 2 heterocycles. The van der Waals surface area contributed by atoms with Crippen molar-refractivity contribution in [2.75, 3.05) is 16.8 Å². The summed E-state index contributed by atoms with van der Waals surface area (Å²) in [5, 5.41) is 5.82. The Morgan fingerprint density at radius 2 is 1.67 bits per heavy atom. The topological polar surface area (TPSA) is 160 Å². The van der Waals surface area contributed by atoms with Crippen molar-refractivity contribution < 1.29 is 37.1 Å². The number of benzene rings is 3. The molecule has 0 bridgehead atoms. The third kappa shape index (κ3) is 8.46. The van der Waals surface area contributed by atoms with Crippen LogP contribution in [0.4, 0.5) is 16.2 Å². The highest BCUT2D eigenvalue weighted by atomic mass is 32.2. The van der Waals surface area contributed by atoms with Gasteiger partial charge in [0.25, 0.3) is 0 Å². The molecule has 3 aromatic rings. The van der Waals surface area contributed by atoms with E-state index < -0.39 is 57.7 Å². The van der Waals surface area contributed by atoms with E-state index in [0.717, 1.165) is 17.5 Å². The van der Waals surface area contributed by atoms with Gasteiger partial charge >= 0.3 is 18.0 Å². The molecule has 0 spiro atoms. The average molecular weight is 677 g/mol. The van der Waals surface area contributed by atoms with Crippen molar-refractivity contribution in [1.29, 1.82) is 0 Å². The number of carbonyl (C=O) groups excluding carboxylic acids is 4. The Hall–Kier alpha value is -4.59. The predicted octanol–water partition coefficient (Wildman–Crippen LogP) is 4.01. The van der Waals surface area contributed by atoms with Crippen LogP contribution in [0, 0.1) is 6.92 Å². The van der Waals surface area contributed by atoms with Crippen LogP contribution >= 0.6 is 0 Å². The lowest BCUT2D eigenvalue weighted by Gasteiger charge is -2.28. The Balaban J connectivity index is 1.30. The van der Waals surface area contributed by atoms with E-state index in [-0.39, 0.29) is 11.3 Å². The zero-order valence-corrected chi connectivity index (χ0v) is 28.1.